The predicted octanol–water partition coefficient (Wildman–Crippen LogP) is 1.89. The molecular formula is C18H22N4O2. The topological polar surface area (TPSA) is 58.6 Å². The Hall–Kier alpha value is -2.47. The van der Waals surface area contributed by atoms with Crippen molar-refractivity contribution in [2.45, 2.75) is 19.5 Å². The summed E-state index contributed by atoms with van der Waals surface area (Å²) < 4.78 is 5.54. The first-order chi connectivity index (χ1) is 11.7. The van der Waals surface area contributed by atoms with E-state index in [1.807, 2.05) is 35.5 Å². The largest absolute Gasteiger partial charge is 0.496 e. The molecule has 1 atom stereocenters. The van der Waals surface area contributed by atoms with Crippen molar-refractivity contribution in [3.8, 4) is 5.75 Å². The average molecular weight is 326 g/mol. The molecule has 2 aromatic rings. The van der Waals surface area contributed by atoms with Gasteiger partial charge in [0.1, 0.15) is 12.1 Å². The quantitative estimate of drug-likeness (QED) is 0.859. The van der Waals surface area contributed by atoms with Crippen LogP contribution in [-0.2, 0) is 11.3 Å². The average Bonchev–Trinajstić information content (AvgIpc) is 2.62. The Morgan fingerprint density at radius 3 is 2.71 bits per heavy atom. The summed E-state index contributed by atoms with van der Waals surface area (Å²) in [5.74, 6) is 0.958. The number of carbonyl (C=O) groups excluding carboxylic acids is 1. The van der Waals surface area contributed by atoms with Gasteiger partial charge in [0.15, 0.2) is 0 Å². The van der Waals surface area contributed by atoms with Gasteiger partial charge in [-0.15, -0.1) is 0 Å². The molecule has 1 aromatic heterocycles. The number of carbonyl (C=O) groups is 1. The van der Waals surface area contributed by atoms with E-state index < -0.39 is 0 Å². The zero-order valence-corrected chi connectivity index (χ0v) is 14.1. The fraction of sp³-hybridized carbons (Fsp3) is 0.389. The molecule has 126 valence electrons. The zero-order valence-electron chi connectivity index (χ0n) is 14.1. The molecule has 2 heterocycles. The Morgan fingerprint density at radius 2 is 2.00 bits per heavy atom. The van der Waals surface area contributed by atoms with Gasteiger partial charge in [0.25, 0.3) is 0 Å². The third-order valence-corrected chi connectivity index (χ3v) is 4.43. The number of aromatic nitrogens is 2. The maximum atomic E-state index is 11.9. The second kappa shape index (κ2) is 7.40. The van der Waals surface area contributed by atoms with Crippen molar-refractivity contribution < 1.29 is 9.53 Å². The number of amides is 1. The fourth-order valence-corrected chi connectivity index (χ4v) is 3.18. The van der Waals surface area contributed by atoms with Gasteiger partial charge in [-0.25, -0.2) is 9.97 Å². The van der Waals surface area contributed by atoms with Crippen molar-refractivity contribution in [3.63, 3.8) is 0 Å². The van der Waals surface area contributed by atoms with Gasteiger partial charge in [-0.05, 0) is 6.07 Å². The van der Waals surface area contributed by atoms with Crippen LogP contribution < -0.4 is 4.74 Å². The molecule has 0 radical (unpaired) electrons. The monoisotopic (exact) mass is 326 g/mol. The van der Waals surface area contributed by atoms with Gasteiger partial charge in [-0.1, -0.05) is 18.2 Å². The van der Waals surface area contributed by atoms with Crippen LogP contribution in [0.1, 0.15) is 24.1 Å². The van der Waals surface area contributed by atoms with E-state index in [-0.39, 0.29) is 11.9 Å². The number of nitrogens with zero attached hydrogens (tertiary/aromatic N) is 4. The maximum absolute atomic E-state index is 11.9. The highest BCUT2D eigenvalue weighted by Crippen LogP contribution is 2.33. The molecule has 0 unspecified atom stereocenters. The number of hydrogen-bond donors (Lipinski definition) is 0. The lowest BCUT2D eigenvalue weighted by molar-refractivity contribution is -0.132. The SMILES string of the molecule is COc1ccccc1[C@@H]1CN(C(C)=O)CCN1Cc1cncnc1. The number of hydrogen-bond acceptors (Lipinski definition) is 5. The molecule has 1 saturated heterocycles. The lowest BCUT2D eigenvalue weighted by atomic mass is 10.0. The highest BCUT2D eigenvalue weighted by molar-refractivity contribution is 5.73. The van der Waals surface area contributed by atoms with Gasteiger partial charge < -0.3 is 9.64 Å². The summed E-state index contributed by atoms with van der Waals surface area (Å²) in [4.78, 5) is 24.3. The van der Waals surface area contributed by atoms with Gasteiger partial charge in [-0.2, -0.15) is 0 Å². The number of para-hydroxylation sites is 1. The molecule has 1 aliphatic heterocycles. The molecule has 0 bridgehead atoms. The lowest BCUT2D eigenvalue weighted by Gasteiger charge is -2.41. The molecule has 0 N–H and O–H groups in total. The van der Waals surface area contributed by atoms with E-state index in [9.17, 15) is 4.79 Å². The second-order valence-electron chi connectivity index (χ2n) is 5.94. The highest BCUT2D eigenvalue weighted by Gasteiger charge is 2.31. The van der Waals surface area contributed by atoms with Crippen molar-refractivity contribution in [2.75, 3.05) is 26.7 Å². The van der Waals surface area contributed by atoms with Gasteiger partial charge in [0.05, 0.1) is 13.2 Å². The molecule has 0 saturated carbocycles. The van der Waals surface area contributed by atoms with Crippen molar-refractivity contribution in [3.05, 3.63) is 54.1 Å². The third-order valence-electron chi connectivity index (χ3n) is 4.43. The van der Waals surface area contributed by atoms with Crippen molar-refractivity contribution in [2.24, 2.45) is 0 Å². The van der Waals surface area contributed by atoms with Crippen LogP contribution in [0.2, 0.25) is 0 Å². The van der Waals surface area contributed by atoms with Crippen LogP contribution >= 0.6 is 0 Å². The van der Waals surface area contributed by atoms with Gasteiger partial charge in [-0.3, -0.25) is 9.69 Å². The summed E-state index contributed by atoms with van der Waals surface area (Å²) in [7, 11) is 1.68. The summed E-state index contributed by atoms with van der Waals surface area (Å²) in [5.41, 5.74) is 2.16. The first-order valence-corrected chi connectivity index (χ1v) is 8.05. The molecule has 1 fully saturated rings. The predicted molar refractivity (Wildman–Crippen MR) is 90.4 cm³/mol. The van der Waals surface area contributed by atoms with E-state index in [1.165, 1.54) is 6.33 Å². The van der Waals surface area contributed by atoms with Crippen molar-refractivity contribution in [1.29, 1.82) is 0 Å². The Morgan fingerprint density at radius 1 is 1.25 bits per heavy atom. The summed E-state index contributed by atoms with van der Waals surface area (Å²) in [6, 6.07) is 8.09. The zero-order chi connectivity index (χ0) is 16.9. The van der Waals surface area contributed by atoms with Crippen molar-refractivity contribution >= 4 is 5.91 Å². The summed E-state index contributed by atoms with van der Waals surface area (Å²) in [6.07, 6.45) is 5.21. The molecule has 1 aliphatic rings. The van der Waals surface area contributed by atoms with E-state index in [2.05, 4.69) is 20.9 Å². The van der Waals surface area contributed by atoms with Gasteiger partial charge in [0.2, 0.25) is 5.91 Å². The van der Waals surface area contributed by atoms with Gasteiger partial charge in [0, 0.05) is 56.6 Å². The molecule has 0 spiro atoms. The standard InChI is InChI=1S/C18H22N4O2/c1-14(23)21-7-8-22(11-15-9-19-13-20-10-15)17(12-21)16-5-3-4-6-18(16)24-2/h3-6,9-10,13,17H,7-8,11-12H2,1-2H3/t17-/m0/s1. The Kier molecular flexibility index (Phi) is 5.05. The molecule has 6 heteroatoms. The normalized spacial score (nSPS) is 18.4. The van der Waals surface area contributed by atoms with Gasteiger partial charge >= 0.3 is 0 Å². The van der Waals surface area contributed by atoms with Crippen LogP contribution in [0.5, 0.6) is 5.75 Å². The Balaban J connectivity index is 1.90. The van der Waals surface area contributed by atoms with Crippen LogP contribution in [0.25, 0.3) is 0 Å². The second-order valence-corrected chi connectivity index (χ2v) is 5.94. The Bertz CT molecular complexity index is 692. The molecule has 6 nitrogen and oxygen atoms in total. The van der Waals surface area contributed by atoms with Crippen LogP contribution in [0.4, 0.5) is 0 Å². The first-order valence-electron chi connectivity index (χ1n) is 8.05. The van der Waals surface area contributed by atoms with Crippen LogP contribution in [0.15, 0.2) is 43.0 Å². The maximum Gasteiger partial charge on any atom is 0.219 e. The van der Waals surface area contributed by atoms with E-state index >= 15 is 0 Å². The molecule has 1 amide bonds. The van der Waals surface area contributed by atoms with Crippen LogP contribution in [0, 0.1) is 0 Å². The summed E-state index contributed by atoms with van der Waals surface area (Å²) in [6.45, 7) is 4.56. The number of piperazine rings is 1. The molecule has 24 heavy (non-hydrogen) atoms. The smallest absolute Gasteiger partial charge is 0.219 e. The van der Waals surface area contributed by atoms with E-state index in [1.54, 1.807) is 14.0 Å². The minimum atomic E-state index is 0.0824. The third kappa shape index (κ3) is 3.54. The van der Waals surface area contributed by atoms with Crippen LogP contribution in [0.3, 0.4) is 0 Å². The number of methoxy groups -OCH3 is 1. The number of benzene rings is 1. The van der Waals surface area contributed by atoms with E-state index in [4.69, 9.17) is 4.74 Å². The first kappa shape index (κ1) is 16.4. The Labute approximate surface area is 142 Å². The number of ether oxygens (including phenoxy) is 1. The summed E-state index contributed by atoms with van der Waals surface area (Å²) >= 11 is 0. The summed E-state index contributed by atoms with van der Waals surface area (Å²) in [5, 5.41) is 0. The number of rotatable bonds is 4. The van der Waals surface area contributed by atoms with E-state index in [0.29, 0.717) is 6.54 Å². The molecule has 1 aromatic carbocycles. The molecule has 3 rings (SSSR count). The molecular weight excluding hydrogens is 304 g/mol. The minimum Gasteiger partial charge on any atom is -0.496 e. The van der Waals surface area contributed by atoms with Crippen LogP contribution in [-0.4, -0.2) is 52.4 Å². The van der Waals surface area contributed by atoms with E-state index in [0.717, 1.165) is 36.5 Å². The minimum absolute atomic E-state index is 0.0824. The van der Waals surface area contributed by atoms with Crippen molar-refractivity contribution in [1.82, 2.24) is 19.8 Å². The molecule has 0 aliphatic carbocycles. The fourth-order valence-electron chi connectivity index (χ4n) is 3.18. The highest BCUT2D eigenvalue weighted by atomic mass is 16.5. The lowest BCUT2D eigenvalue weighted by Crippen LogP contribution is -2.49.